The average Bonchev–Trinajstić information content (AvgIpc) is 3.12. The molecule has 1 amide bonds. The average molecular weight is 349 g/mol. The topological polar surface area (TPSA) is 60.7 Å². The smallest absolute Gasteiger partial charge is 0.261 e. The van der Waals surface area contributed by atoms with E-state index in [0.717, 1.165) is 17.3 Å². The second kappa shape index (κ2) is 9.93. The van der Waals surface area contributed by atoms with E-state index in [1.807, 2.05) is 37.3 Å². The Bertz CT molecular complexity index is 615. The molecule has 1 aromatic heterocycles. The van der Waals surface area contributed by atoms with Crippen LogP contribution in [0.15, 0.2) is 47.1 Å². The maximum Gasteiger partial charge on any atom is 0.261 e. The molecule has 0 radical (unpaired) electrons. The van der Waals surface area contributed by atoms with Crippen molar-refractivity contribution in [1.29, 1.82) is 0 Å². The number of furan rings is 1. The number of hydrogen-bond acceptors (Lipinski definition) is 5. The van der Waals surface area contributed by atoms with Gasteiger partial charge in [-0.2, -0.15) is 11.8 Å². The Morgan fingerprint density at radius 1 is 1.29 bits per heavy atom. The van der Waals surface area contributed by atoms with Gasteiger partial charge in [-0.1, -0.05) is 13.0 Å². The van der Waals surface area contributed by atoms with Crippen LogP contribution in [0, 0.1) is 0 Å². The summed E-state index contributed by atoms with van der Waals surface area (Å²) in [6, 6.07) is 11.1. The summed E-state index contributed by atoms with van der Waals surface area (Å²) >= 11 is 1.72. The van der Waals surface area contributed by atoms with Crippen LogP contribution < -0.4 is 14.8 Å². The quantitative estimate of drug-likeness (QED) is 0.665. The summed E-state index contributed by atoms with van der Waals surface area (Å²) in [7, 11) is 1.60. The number of amides is 1. The maximum absolute atomic E-state index is 12.2. The second-order valence-corrected chi connectivity index (χ2v) is 6.22. The van der Waals surface area contributed by atoms with Crippen LogP contribution >= 0.6 is 11.8 Å². The van der Waals surface area contributed by atoms with Gasteiger partial charge in [0.1, 0.15) is 17.3 Å². The van der Waals surface area contributed by atoms with Crippen molar-refractivity contribution in [3.05, 3.63) is 48.4 Å². The van der Waals surface area contributed by atoms with Crippen molar-refractivity contribution in [2.75, 3.05) is 19.4 Å². The van der Waals surface area contributed by atoms with Crippen LogP contribution in [0.2, 0.25) is 0 Å². The van der Waals surface area contributed by atoms with E-state index in [4.69, 9.17) is 13.9 Å². The summed E-state index contributed by atoms with van der Waals surface area (Å²) in [4.78, 5) is 12.2. The lowest BCUT2D eigenvalue weighted by Crippen LogP contribution is -2.39. The first kappa shape index (κ1) is 18.3. The Hall–Kier alpha value is -2.08. The molecule has 0 unspecified atom stereocenters. The normalized spacial score (nSPS) is 11.8. The van der Waals surface area contributed by atoms with E-state index in [2.05, 4.69) is 5.32 Å². The molecule has 1 heterocycles. The molecule has 0 fully saturated rings. The third kappa shape index (κ3) is 5.85. The molecule has 5 nitrogen and oxygen atoms in total. The Morgan fingerprint density at radius 3 is 2.83 bits per heavy atom. The van der Waals surface area contributed by atoms with Crippen molar-refractivity contribution in [2.24, 2.45) is 0 Å². The fraction of sp³-hybridized carbons (Fsp3) is 0.389. The fourth-order valence-corrected chi connectivity index (χ4v) is 2.84. The Morgan fingerprint density at radius 2 is 2.12 bits per heavy atom. The molecule has 0 spiro atoms. The Labute approximate surface area is 146 Å². The highest BCUT2D eigenvalue weighted by molar-refractivity contribution is 7.98. The highest BCUT2D eigenvalue weighted by Gasteiger charge is 2.18. The molecule has 2 rings (SSSR count). The van der Waals surface area contributed by atoms with Crippen molar-refractivity contribution in [3.8, 4) is 11.5 Å². The summed E-state index contributed by atoms with van der Waals surface area (Å²) in [6.45, 7) is 2.53. The predicted octanol–water partition coefficient (Wildman–Crippen LogP) is 3.50. The molecule has 24 heavy (non-hydrogen) atoms. The first-order chi connectivity index (χ1) is 11.7. The molecule has 130 valence electrons. The number of nitrogens with one attached hydrogen (secondary N) is 1. The standard InChI is InChI=1S/C18H23NO4S/c1-3-17(23-15-7-4-6-14(12-15)21-2)18(20)19-9-11-24-13-16-8-5-10-22-16/h4-8,10,12,17H,3,9,11,13H2,1-2H3,(H,19,20)/t17-/m0/s1. The zero-order valence-corrected chi connectivity index (χ0v) is 14.8. The van der Waals surface area contributed by atoms with Gasteiger partial charge in [0.15, 0.2) is 6.10 Å². The van der Waals surface area contributed by atoms with Gasteiger partial charge in [0, 0.05) is 18.4 Å². The number of carbonyl (C=O) groups excluding carboxylic acids is 1. The molecule has 2 aromatic rings. The van der Waals surface area contributed by atoms with Crippen LogP contribution in [0.5, 0.6) is 11.5 Å². The molecule has 0 saturated heterocycles. The molecule has 0 aliphatic carbocycles. The van der Waals surface area contributed by atoms with Gasteiger partial charge in [-0.05, 0) is 30.7 Å². The summed E-state index contributed by atoms with van der Waals surface area (Å²) in [5, 5.41) is 2.92. The maximum atomic E-state index is 12.2. The lowest BCUT2D eigenvalue weighted by atomic mass is 10.2. The Balaban J connectivity index is 1.72. The summed E-state index contributed by atoms with van der Waals surface area (Å²) in [6.07, 6.45) is 1.76. The number of carbonyl (C=O) groups is 1. The van der Waals surface area contributed by atoms with E-state index < -0.39 is 6.10 Å². The van der Waals surface area contributed by atoms with Crippen LogP contribution in [-0.2, 0) is 10.5 Å². The molecule has 6 heteroatoms. The highest BCUT2D eigenvalue weighted by Crippen LogP contribution is 2.20. The number of methoxy groups -OCH3 is 1. The van der Waals surface area contributed by atoms with Crippen LogP contribution in [0.1, 0.15) is 19.1 Å². The molecule has 0 aliphatic rings. The van der Waals surface area contributed by atoms with Crippen molar-refractivity contribution >= 4 is 17.7 Å². The van der Waals surface area contributed by atoms with E-state index in [1.165, 1.54) is 0 Å². The lowest BCUT2D eigenvalue weighted by Gasteiger charge is -2.17. The molecular weight excluding hydrogens is 326 g/mol. The minimum absolute atomic E-state index is 0.0982. The third-order valence-corrected chi connectivity index (χ3v) is 4.33. The predicted molar refractivity (Wildman–Crippen MR) is 95.6 cm³/mol. The van der Waals surface area contributed by atoms with Gasteiger partial charge in [-0.3, -0.25) is 4.79 Å². The molecule has 1 aromatic carbocycles. The zero-order valence-electron chi connectivity index (χ0n) is 14.0. The molecule has 0 bridgehead atoms. The van der Waals surface area contributed by atoms with Crippen molar-refractivity contribution in [3.63, 3.8) is 0 Å². The third-order valence-electron chi connectivity index (χ3n) is 3.35. The highest BCUT2D eigenvalue weighted by atomic mass is 32.2. The van der Waals surface area contributed by atoms with Crippen molar-refractivity contribution in [2.45, 2.75) is 25.2 Å². The van der Waals surface area contributed by atoms with E-state index in [9.17, 15) is 4.79 Å². The minimum Gasteiger partial charge on any atom is -0.497 e. The van der Waals surface area contributed by atoms with Gasteiger partial charge in [-0.25, -0.2) is 0 Å². The van der Waals surface area contributed by atoms with Gasteiger partial charge in [-0.15, -0.1) is 0 Å². The van der Waals surface area contributed by atoms with E-state index in [1.54, 1.807) is 31.2 Å². The molecule has 1 atom stereocenters. The van der Waals surface area contributed by atoms with E-state index >= 15 is 0 Å². The van der Waals surface area contributed by atoms with Crippen LogP contribution in [0.25, 0.3) is 0 Å². The van der Waals surface area contributed by atoms with E-state index in [-0.39, 0.29) is 5.91 Å². The fourth-order valence-electron chi connectivity index (χ4n) is 2.09. The SMILES string of the molecule is CC[C@H](Oc1cccc(OC)c1)C(=O)NCCSCc1ccco1. The monoisotopic (exact) mass is 349 g/mol. The largest absolute Gasteiger partial charge is 0.497 e. The molecule has 0 saturated carbocycles. The first-order valence-corrected chi connectivity index (χ1v) is 9.07. The van der Waals surface area contributed by atoms with Crippen LogP contribution in [-0.4, -0.2) is 31.4 Å². The second-order valence-electron chi connectivity index (χ2n) is 5.12. The summed E-state index contributed by atoms with van der Waals surface area (Å²) in [5.74, 6) is 3.81. The summed E-state index contributed by atoms with van der Waals surface area (Å²) < 4.78 is 16.2. The number of thioether (sulfide) groups is 1. The van der Waals surface area contributed by atoms with Crippen LogP contribution in [0.4, 0.5) is 0 Å². The minimum atomic E-state index is -0.507. The van der Waals surface area contributed by atoms with Crippen molar-refractivity contribution in [1.82, 2.24) is 5.32 Å². The van der Waals surface area contributed by atoms with Gasteiger partial charge in [0.05, 0.1) is 19.1 Å². The van der Waals surface area contributed by atoms with Crippen LogP contribution in [0.3, 0.4) is 0 Å². The lowest BCUT2D eigenvalue weighted by molar-refractivity contribution is -0.127. The molecule has 0 aliphatic heterocycles. The number of rotatable bonds is 10. The molecule has 1 N–H and O–H groups in total. The molecular formula is C18H23NO4S. The van der Waals surface area contributed by atoms with Crippen molar-refractivity contribution < 1.29 is 18.7 Å². The Kier molecular flexibility index (Phi) is 7.55. The number of ether oxygens (including phenoxy) is 2. The van der Waals surface area contributed by atoms with Gasteiger partial charge < -0.3 is 19.2 Å². The van der Waals surface area contributed by atoms with Gasteiger partial charge in [0.2, 0.25) is 0 Å². The first-order valence-electron chi connectivity index (χ1n) is 7.91. The van der Waals surface area contributed by atoms with E-state index in [0.29, 0.717) is 24.5 Å². The summed E-state index contributed by atoms with van der Waals surface area (Å²) in [5.41, 5.74) is 0. The van der Waals surface area contributed by atoms with Gasteiger partial charge in [0.25, 0.3) is 5.91 Å². The zero-order chi connectivity index (χ0) is 17.2. The number of benzene rings is 1. The van der Waals surface area contributed by atoms with Gasteiger partial charge >= 0.3 is 0 Å². The number of hydrogen-bond donors (Lipinski definition) is 1.